The van der Waals surface area contributed by atoms with Gasteiger partial charge in [-0.2, -0.15) is 0 Å². The molecule has 4 aromatic carbocycles. The average molecular weight is 495 g/mol. The lowest BCUT2D eigenvalue weighted by Gasteiger charge is -2.23. The highest BCUT2D eigenvalue weighted by molar-refractivity contribution is 6.25. The third-order valence-corrected chi connectivity index (χ3v) is 8.00. The van der Waals surface area contributed by atoms with Crippen LogP contribution in [-0.2, 0) is 11.8 Å². The van der Waals surface area contributed by atoms with Crippen LogP contribution in [0.2, 0.25) is 0 Å². The second-order valence-corrected chi connectivity index (χ2v) is 13.1. The summed E-state index contributed by atoms with van der Waals surface area (Å²) in [6.45, 7) is 13.9. The monoisotopic (exact) mass is 494 g/mol. The van der Waals surface area contributed by atoms with Gasteiger partial charge in [0.15, 0.2) is 0 Å². The summed E-state index contributed by atoms with van der Waals surface area (Å²) in [6, 6.07) is 29.3. The molecule has 0 bridgehead atoms. The Morgan fingerprint density at radius 3 is 2.16 bits per heavy atom. The fraction of sp³-hybridized carbons (Fsp3) is 0.250. The fourth-order valence-electron chi connectivity index (χ4n) is 6.51. The third kappa shape index (κ3) is 3.36. The molecule has 0 aliphatic heterocycles. The van der Waals surface area contributed by atoms with Gasteiger partial charge in [-0.3, -0.25) is 4.98 Å². The topological polar surface area (TPSA) is 17.3 Å². The number of pyridine rings is 1. The van der Waals surface area contributed by atoms with Crippen molar-refractivity contribution in [3.63, 3.8) is 0 Å². The molecule has 0 atom stereocenters. The lowest BCUT2D eigenvalue weighted by Crippen LogP contribution is -2.12. The molecule has 0 spiro atoms. The largest absolute Gasteiger partial charge is 0.306 e. The Kier molecular flexibility index (Phi) is 4.77. The van der Waals surface area contributed by atoms with E-state index in [-0.39, 0.29) is 10.8 Å². The number of rotatable bonds is 2. The maximum atomic E-state index is 5.07. The van der Waals surface area contributed by atoms with Crippen LogP contribution < -0.4 is 0 Å². The summed E-state index contributed by atoms with van der Waals surface area (Å²) < 4.78 is 2.50. The Labute approximate surface area is 224 Å². The van der Waals surface area contributed by atoms with Crippen LogP contribution >= 0.6 is 0 Å². The summed E-state index contributed by atoms with van der Waals surface area (Å²) >= 11 is 0. The number of nitrogens with zero attached hydrogens (tertiary/aromatic N) is 2. The zero-order chi connectivity index (χ0) is 26.4. The van der Waals surface area contributed by atoms with Crippen LogP contribution in [0.1, 0.15) is 52.7 Å². The van der Waals surface area contributed by atoms with Gasteiger partial charge in [0, 0.05) is 33.3 Å². The van der Waals surface area contributed by atoms with Crippen molar-refractivity contribution >= 4 is 48.9 Å². The van der Waals surface area contributed by atoms with Crippen molar-refractivity contribution in [3.05, 3.63) is 96.2 Å². The molecule has 3 aromatic heterocycles. The lowest BCUT2D eigenvalue weighted by molar-refractivity contribution is 0.413. The fourth-order valence-corrected chi connectivity index (χ4v) is 6.51. The summed E-state index contributed by atoms with van der Waals surface area (Å²) in [6.07, 6.45) is 3.03. The summed E-state index contributed by atoms with van der Waals surface area (Å²) in [5.74, 6) is 0. The Morgan fingerprint density at radius 1 is 0.684 bits per heavy atom. The highest BCUT2D eigenvalue weighted by Crippen LogP contribution is 2.44. The van der Waals surface area contributed by atoms with E-state index in [0.717, 1.165) is 12.1 Å². The van der Waals surface area contributed by atoms with Crippen molar-refractivity contribution in [3.8, 4) is 11.3 Å². The van der Waals surface area contributed by atoms with E-state index < -0.39 is 0 Å². The van der Waals surface area contributed by atoms with Crippen LogP contribution in [0.15, 0.2) is 85.1 Å². The summed E-state index contributed by atoms with van der Waals surface area (Å²) in [5.41, 5.74) is 9.03. The van der Waals surface area contributed by atoms with Crippen LogP contribution in [0.3, 0.4) is 0 Å². The first kappa shape index (κ1) is 23.2. The molecule has 2 nitrogen and oxygen atoms in total. The molecule has 7 rings (SSSR count). The van der Waals surface area contributed by atoms with Crippen molar-refractivity contribution in [2.24, 2.45) is 5.41 Å². The Balaban J connectivity index is 1.64. The number of fused-ring (bicyclic) bond motifs is 7. The number of benzene rings is 4. The van der Waals surface area contributed by atoms with Gasteiger partial charge >= 0.3 is 0 Å². The van der Waals surface area contributed by atoms with Gasteiger partial charge in [0.1, 0.15) is 0 Å². The van der Waals surface area contributed by atoms with Crippen LogP contribution in [0.4, 0.5) is 0 Å². The molecule has 0 saturated carbocycles. The summed E-state index contributed by atoms with van der Waals surface area (Å²) in [7, 11) is 0. The zero-order valence-electron chi connectivity index (χ0n) is 23.2. The average Bonchev–Trinajstić information content (AvgIpc) is 3.39. The summed E-state index contributed by atoms with van der Waals surface area (Å²) in [4.78, 5) is 5.07. The molecule has 0 unspecified atom stereocenters. The Hall–Kier alpha value is -3.91. The molecule has 0 aliphatic rings. The van der Waals surface area contributed by atoms with Gasteiger partial charge in [-0.25, -0.2) is 0 Å². The first-order chi connectivity index (χ1) is 18.1. The Morgan fingerprint density at radius 2 is 1.39 bits per heavy atom. The second kappa shape index (κ2) is 7.80. The highest BCUT2D eigenvalue weighted by Gasteiger charge is 2.25. The highest BCUT2D eigenvalue weighted by atomic mass is 14.9. The van der Waals surface area contributed by atoms with Crippen LogP contribution in [0.25, 0.3) is 60.1 Å². The Bertz CT molecular complexity index is 2010. The molecule has 7 aromatic rings. The first-order valence-electron chi connectivity index (χ1n) is 13.7. The molecular formula is C36H34N2. The number of para-hydroxylation sites is 1. The minimum absolute atomic E-state index is 0.0196. The SMILES string of the molecule is CC(C)(C)Cc1ccc2c3ccnc(-c4cc(C(C)(C)C)c5ccccc5c4)c3n3c4ccccc4c1c23. The minimum atomic E-state index is 0.0196. The van der Waals surface area contributed by atoms with E-state index in [0.29, 0.717) is 0 Å². The molecule has 0 radical (unpaired) electrons. The molecule has 0 aliphatic carbocycles. The molecule has 188 valence electrons. The molecule has 0 fully saturated rings. The van der Waals surface area contributed by atoms with Crippen molar-refractivity contribution in [1.82, 2.24) is 9.38 Å². The van der Waals surface area contributed by atoms with Gasteiger partial charge in [0.2, 0.25) is 0 Å². The van der Waals surface area contributed by atoms with Gasteiger partial charge in [-0.05, 0) is 63.4 Å². The third-order valence-electron chi connectivity index (χ3n) is 8.00. The maximum Gasteiger partial charge on any atom is 0.0949 e. The molecular weight excluding hydrogens is 460 g/mol. The quantitative estimate of drug-likeness (QED) is 0.234. The molecule has 0 amide bonds. The van der Waals surface area contributed by atoms with Crippen molar-refractivity contribution in [2.45, 2.75) is 53.4 Å². The van der Waals surface area contributed by atoms with E-state index >= 15 is 0 Å². The normalized spacial score (nSPS) is 13.1. The van der Waals surface area contributed by atoms with Gasteiger partial charge in [0.05, 0.1) is 22.2 Å². The van der Waals surface area contributed by atoms with Crippen LogP contribution in [0, 0.1) is 5.41 Å². The first-order valence-corrected chi connectivity index (χ1v) is 13.7. The standard InChI is InChI=1S/C36H34N2/c1-35(2,3)21-23-15-16-26-27-17-18-37-32(34(27)38-30-14-10-9-13-28(30)31(23)33(26)38)24-19-22-11-7-8-12-25(22)29(20-24)36(4,5)6/h7-20H,21H2,1-6H3. The van der Waals surface area contributed by atoms with Crippen LogP contribution in [0.5, 0.6) is 0 Å². The predicted molar refractivity (Wildman–Crippen MR) is 164 cm³/mol. The van der Waals surface area contributed by atoms with Gasteiger partial charge in [-0.1, -0.05) is 96.1 Å². The van der Waals surface area contributed by atoms with Crippen molar-refractivity contribution in [1.29, 1.82) is 0 Å². The van der Waals surface area contributed by atoms with E-state index in [1.165, 1.54) is 65.6 Å². The van der Waals surface area contributed by atoms with Gasteiger partial charge in [0.25, 0.3) is 0 Å². The number of hydrogen-bond donors (Lipinski definition) is 0. The molecule has 0 N–H and O–H groups in total. The molecule has 2 heteroatoms. The van der Waals surface area contributed by atoms with Gasteiger partial charge in [-0.15, -0.1) is 0 Å². The summed E-state index contributed by atoms with van der Waals surface area (Å²) in [5, 5.41) is 7.89. The minimum Gasteiger partial charge on any atom is -0.306 e. The second-order valence-electron chi connectivity index (χ2n) is 13.1. The van der Waals surface area contributed by atoms with Crippen molar-refractivity contribution in [2.75, 3.05) is 0 Å². The van der Waals surface area contributed by atoms with Crippen molar-refractivity contribution < 1.29 is 0 Å². The maximum absolute atomic E-state index is 5.07. The van der Waals surface area contributed by atoms with E-state index in [9.17, 15) is 0 Å². The zero-order valence-corrected chi connectivity index (χ0v) is 23.2. The van der Waals surface area contributed by atoms with Gasteiger partial charge < -0.3 is 4.40 Å². The number of aromatic nitrogens is 2. The number of hydrogen-bond acceptors (Lipinski definition) is 1. The van der Waals surface area contributed by atoms with E-state index in [1.807, 2.05) is 6.20 Å². The molecule has 3 heterocycles. The van der Waals surface area contributed by atoms with Crippen LogP contribution in [-0.4, -0.2) is 9.38 Å². The van der Waals surface area contributed by atoms with E-state index in [2.05, 4.69) is 125 Å². The van der Waals surface area contributed by atoms with E-state index in [1.54, 1.807) is 0 Å². The van der Waals surface area contributed by atoms with E-state index in [4.69, 9.17) is 4.98 Å². The lowest BCUT2D eigenvalue weighted by atomic mass is 9.82. The molecule has 38 heavy (non-hydrogen) atoms. The predicted octanol–water partition coefficient (Wildman–Crippen LogP) is 9.94. The molecule has 0 saturated heterocycles. The smallest absolute Gasteiger partial charge is 0.0949 e.